The van der Waals surface area contributed by atoms with Crippen molar-refractivity contribution in [2.45, 2.75) is 51.9 Å². The molecule has 1 atom stereocenters. The first-order valence-electron chi connectivity index (χ1n) is 6.51. The molecule has 1 unspecified atom stereocenters. The van der Waals surface area contributed by atoms with Crippen LogP contribution in [0.2, 0.25) is 18.1 Å². The molecule has 0 rings (SSSR count). The van der Waals surface area contributed by atoms with Crippen molar-refractivity contribution in [2.75, 3.05) is 0 Å². The number of carbonyl (C=O) groups is 2. The van der Waals surface area contributed by atoms with Gasteiger partial charge in [-0.15, -0.1) is 0 Å². The fourth-order valence-corrected chi connectivity index (χ4v) is 2.39. The van der Waals surface area contributed by atoms with E-state index < -0.39 is 26.4 Å². The average Bonchev–Trinajstić information content (AvgIpc) is 2.31. The number of hydrogen-bond acceptors (Lipinski definition) is 5. The molecular weight excluding hydrogens is 292 g/mol. The zero-order valence-corrected chi connectivity index (χ0v) is 14.3. The molecule has 8 heteroatoms. The van der Waals surface area contributed by atoms with E-state index in [1.165, 1.54) is 0 Å². The quantitative estimate of drug-likeness (QED) is 0.235. The number of hydroxylamine groups is 1. The molecule has 0 aromatic carbocycles. The van der Waals surface area contributed by atoms with Gasteiger partial charge in [0.2, 0.25) is 0 Å². The summed E-state index contributed by atoms with van der Waals surface area (Å²) < 4.78 is 5.94. The predicted octanol–water partition coefficient (Wildman–Crippen LogP) is 2.06. The molecule has 21 heavy (non-hydrogen) atoms. The van der Waals surface area contributed by atoms with Gasteiger partial charge in [0, 0.05) is 12.2 Å². The number of carboxylic acid groups (broad SMARTS) is 1. The van der Waals surface area contributed by atoms with Gasteiger partial charge < -0.3 is 14.4 Å². The average molecular weight is 316 g/mol. The largest absolute Gasteiger partial charge is 0.478 e. The zero-order valence-electron chi connectivity index (χ0n) is 13.3. The van der Waals surface area contributed by atoms with Gasteiger partial charge in [0.1, 0.15) is 6.10 Å². The summed E-state index contributed by atoms with van der Waals surface area (Å²) in [4.78, 5) is 25.9. The molecule has 0 amide bonds. The smallest absolute Gasteiger partial charge is 0.355 e. The number of carboxylic acids is 1. The van der Waals surface area contributed by atoms with E-state index in [1.54, 1.807) is 6.92 Å². The molecule has 0 aliphatic carbocycles. The lowest BCUT2D eigenvalue weighted by Crippen LogP contribution is -2.47. The Morgan fingerprint density at radius 2 is 1.81 bits per heavy atom. The summed E-state index contributed by atoms with van der Waals surface area (Å²) in [5, 5.41) is 16.1. The standard InChI is InChI=1S/C13H24N2O5Si/c1-9(20-21(5,6)13(2,3)4)12(14)15-19-11(18)8-7-10(16)17/h7-9H,1-6H3,(H2,14,15)(H,16,17). The first kappa shape index (κ1) is 19.3. The Morgan fingerprint density at radius 3 is 2.24 bits per heavy atom. The van der Waals surface area contributed by atoms with E-state index in [9.17, 15) is 9.59 Å². The van der Waals surface area contributed by atoms with E-state index in [4.69, 9.17) is 14.9 Å². The molecule has 0 radical (unpaired) electrons. The summed E-state index contributed by atoms with van der Waals surface area (Å²) in [5.74, 6) is -2.25. The minimum absolute atomic E-state index is 0.00242. The van der Waals surface area contributed by atoms with Crippen molar-refractivity contribution in [3.05, 3.63) is 12.2 Å². The highest BCUT2D eigenvalue weighted by molar-refractivity contribution is 6.74. The minimum Gasteiger partial charge on any atom is -0.478 e. The normalized spacial score (nSPS) is 13.8. The van der Waals surface area contributed by atoms with Gasteiger partial charge in [-0.3, -0.25) is 5.41 Å². The minimum atomic E-state index is -2.03. The fourth-order valence-electron chi connectivity index (χ4n) is 1.04. The Balaban J connectivity index is 4.42. The maximum atomic E-state index is 11.2. The SMILES string of the molecule is CC(O[Si](C)(C)C(C)(C)C)C(=N)NOC(=O)C=CC(=O)O. The molecule has 0 aliphatic heterocycles. The number of amidine groups is 1. The third-order valence-electron chi connectivity index (χ3n) is 3.31. The molecule has 0 saturated carbocycles. The van der Waals surface area contributed by atoms with Crippen LogP contribution in [0.5, 0.6) is 0 Å². The van der Waals surface area contributed by atoms with Crippen LogP contribution in [0.15, 0.2) is 12.2 Å². The van der Waals surface area contributed by atoms with Crippen molar-refractivity contribution in [1.82, 2.24) is 5.48 Å². The summed E-state index contributed by atoms with van der Waals surface area (Å²) in [6, 6.07) is 0. The topological polar surface area (TPSA) is 109 Å². The second kappa shape index (κ2) is 7.37. The number of hydrogen-bond donors (Lipinski definition) is 3. The second-order valence-corrected chi connectivity index (χ2v) is 10.9. The summed E-state index contributed by atoms with van der Waals surface area (Å²) >= 11 is 0. The Morgan fingerprint density at radius 1 is 1.29 bits per heavy atom. The van der Waals surface area contributed by atoms with Crippen LogP contribution in [0.3, 0.4) is 0 Å². The summed E-state index contributed by atoms with van der Waals surface area (Å²) in [6.45, 7) is 12.0. The third kappa shape index (κ3) is 7.05. The van der Waals surface area contributed by atoms with Crippen molar-refractivity contribution in [1.29, 1.82) is 5.41 Å². The van der Waals surface area contributed by atoms with Crippen molar-refractivity contribution in [3.63, 3.8) is 0 Å². The highest BCUT2D eigenvalue weighted by Crippen LogP contribution is 2.37. The van der Waals surface area contributed by atoms with Gasteiger partial charge in [-0.05, 0) is 25.1 Å². The predicted molar refractivity (Wildman–Crippen MR) is 81.5 cm³/mol. The molecule has 7 nitrogen and oxygen atoms in total. The maximum absolute atomic E-state index is 11.2. The van der Waals surface area contributed by atoms with E-state index in [-0.39, 0.29) is 10.9 Å². The molecule has 0 bridgehead atoms. The summed E-state index contributed by atoms with van der Waals surface area (Å²) in [5.41, 5.74) is 2.17. The molecule has 0 aromatic heterocycles. The van der Waals surface area contributed by atoms with Crippen LogP contribution in [0.4, 0.5) is 0 Å². The highest BCUT2D eigenvalue weighted by atomic mass is 28.4. The van der Waals surface area contributed by atoms with Gasteiger partial charge in [-0.25, -0.2) is 15.1 Å². The van der Waals surface area contributed by atoms with Crippen LogP contribution in [0.1, 0.15) is 27.7 Å². The van der Waals surface area contributed by atoms with Gasteiger partial charge in [0.25, 0.3) is 0 Å². The van der Waals surface area contributed by atoms with E-state index in [0.29, 0.717) is 6.08 Å². The summed E-state index contributed by atoms with van der Waals surface area (Å²) in [6.07, 6.45) is 0.854. The van der Waals surface area contributed by atoms with Gasteiger partial charge in [0.05, 0.1) is 0 Å². The molecular formula is C13H24N2O5Si. The van der Waals surface area contributed by atoms with Crippen LogP contribution in [-0.2, 0) is 18.9 Å². The molecule has 0 aromatic rings. The third-order valence-corrected chi connectivity index (χ3v) is 7.86. The van der Waals surface area contributed by atoms with Gasteiger partial charge in [-0.1, -0.05) is 20.8 Å². The molecule has 3 N–H and O–H groups in total. The van der Waals surface area contributed by atoms with Crippen LogP contribution in [0, 0.1) is 5.41 Å². The van der Waals surface area contributed by atoms with Crippen LogP contribution in [0.25, 0.3) is 0 Å². The van der Waals surface area contributed by atoms with Crippen molar-refractivity contribution >= 4 is 26.1 Å². The zero-order chi connectivity index (χ0) is 16.8. The van der Waals surface area contributed by atoms with Crippen LogP contribution in [-0.4, -0.2) is 37.3 Å². The van der Waals surface area contributed by atoms with Crippen molar-refractivity contribution in [3.8, 4) is 0 Å². The van der Waals surface area contributed by atoms with Gasteiger partial charge in [0.15, 0.2) is 14.2 Å². The Kier molecular flexibility index (Phi) is 6.78. The maximum Gasteiger partial charge on any atom is 0.355 e. The van der Waals surface area contributed by atoms with Gasteiger partial charge in [-0.2, -0.15) is 0 Å². The number of nitrogens with one attached hydrogen (secondary N) is 2. The first-order valence-corrected chi connectivity index (χ1v) is 9.41. The summed E-state index contributed by atoms with van der Waals surface area (Å²) in [7, 11) is -2.03. The lowest BCUT2D eigenvalue weighted by molar-refractivity contribution is -0.142. The first-order chi connectivity index (χ1) is 9.36. The Bertz CT molecular complexity index is 440. The number of aliphatic carboxylic acids is 1. The lowest BCUT2D eigenvalue weighted by Gasteiger charge is -2.38. The molecule has 0 aliphatic rings. The second-order valence-electron chi connectivity index (χ2n) is 6.13. The lowest BCUT2D eigenvalue weighted by atomic mass is 10.2. The molecule has 0 heterocycles. The molecule has 0 fully saturated rings. The molecule has 0 saturated heterocycles. The Hall–Kier alpha value is -1.67. The van der Waals surface area contributed by atoms with Crippen LogP contribution >= 0.6 is 0 Å². The van der Waals surface area contributed by atoms with Crippen molar-refractivity contribution in [2.24, 2.45) is 0 Å². The number of rotatable bonds is 5. The Labute approximate surface area is 125 Å². The van der Waals surface area contributed by atoms with Gasteiger partial charge >= 0.3 is 11.9 Å². The van der Waals surface area contributed by atoms with Crippen molar-refractivity contribution < 1.29 is 24.0 Å². The van der Waals surface area contributed by atoms with E-state index in [1.807, 2.05) is 0 Å². The highest BCUT2D eigenvalue weighted by Gasteiger charge is 2.39. The van der Waals surface area contributed by atoms with Crippen LogP contribution < -0.4 is 5.48 Å². The fraction of sp³-hybridized carbons (Fsp3) is 0.615. The number of carbonyl (C=O) groups excluding carboxylic acids is 1. The molecule has 120 valence electrons. The van der Waals surface area contributed by atoms with E-state index in [0.717, 1.165) is 6.08 Å². The van der Waals surface area contributed by atoms with E-state index >= 15 is 0 Å². The monoisotopic (exact) mass is 316 g/mol. The van der Waals surface area contributed by atoms with E-state index in [2.05, 4.69) is 44.2 Å². The molecule has 0 spiro atoms.